The first-order valence-corrected chi connectivity index (χ1v) is 1.93. The maximum absolute atomic E-state index is 2.58. The molecule has 0 heterocycles. The zero-order valence-electron chi connectivity index (χ0n) is 4.50. The molecule has 0 N–H and O–H groups in total. The van der Waals surface area contributed by atoms with Gasteiger partial charge in [-0.1, -0.05) is 0 Å². The normalized spacial score (nSPS) is 2.38. The Bertz CT molecular complexity index is 14.0. The van der Waals surface area contributed by atoms with Crippen LogP contribution in [0.2, 0.25) is 5.28 Å². The molecule has 6 heteroatoms. The average molecular weight is 222 g/mol. The number of rotatable bonds is 0. The van der Waals surface area contributed by atoms with Crippen LogP contribution in [0.15, 0.2) is 0 Å². The van der Waals surface area contributed by atoms with Crippen molar-refractivity contribution in [3.05, 3.63) is 0 Å². The molecule has 0 bridgehead atoms. The van der Waals surface area contributed by atoms with E-state index in [9.17, 15) is 0 Å². The van der Waals surface area contributed by atoms with Crippen LogP contribution in [0.5, 0.6) is 0 Å². The Morgan fingerprint density at radius 3 is 1.00 bits per heavy atom. The average Bonchev–Trinajstić information content (AvgIpc) is 0.918. The van der Waals surface area contributed by atoms with Crippen molar-refractivity contribution in [1.29, 1.82) is 0 Å². The summed E-state index contributed by atoms with van der Waals surface area (Å²) in [5.74, 6) is 0. The van der Waals surface area contributed by atoms with Gasteiger partial charge in [-0.25, -0.2) is 0 Å². The zero-order chi connectivity index (χ0) is 2.71. The van der Waals surface area contributed by atoms with Gasteiger partial charge in [-0.15, -0.1) is 0 Å². The summed E-state index contributed by atoms with van der Waals surface area (Å²) in [6.45, 7) is 2.09. The summed E-state index contributed by atoms with van der Waals surface area (Å²) in [5.41, 5.74) is 0. The quantitative estimate of drug-likeness (QED) is 0.357. The molecule has 0 nitrogen and oxygen atoms in total. The van der Waals surface area contributed by atoms with Gasteiger partial charge in [0, 0.05) is 0 Å². The predicted molar refractivity (Wildman–Crippen MR) is 22.0 cm³/mol. The molecule has 0 aliphatic heterocycles. The van der Waals surface area contributed by atoms with Crippen molar-refractivity contribution in [3.63, 3.8) is 0 Å². The molecule has 0 unspecified atom stereocenters. The van der Waals surface area contributed by atoms with E-state index in [0.29, 0.717) is 0 Å². The molecule has 0 saturated carbocycles. The Hall–Kier alpha value is 2.46. The van der Waals surface area contributed by atoms with Crippen LogP contribution in [0.4, 0.5) is 0 Å². The molecule has 0 amide bonds. The minimum absolute atomic E-state index is 0. The van der Waals surface area contributed by atoms with E-state index in [1.807, 2.05) is 0 Å². The summed E-state index contributed by atoms with van der Waals surface area (Å²) in [4.78, 5) is 0. The predicted octanol–water partition coefficient (Wildman–Crippen LogP) is -11.8. The van der Waals surface area contributed by atoms with Crippen LogP contribution >= 0.6 is 0 Å². The first-order valence-electron chi connectivity index (χ1n) is 1.12. The Balaban J connectivity index is -0.00000000200. The molecule has 0 aromatic heterocycles. The second-order valence-corrected chi connectivity index (χ2v) is 1.22. The number of hydrogen-bond acceptors (Lipinski definition) is 0. The van der Waals surface area contributed by atoms with E-state index in [1.165, 1.54) is 5.28 Å². The third kappa shape index (κ3) is 77.8. The Morgan fingerprint density at radius 2 is 1.00 bits per heavy atom. The van der Waals surface area contributed by atoms with E-state index < -0.39 is 0 Å². The molecule has 0 aromatic carbocycles. The molecule has 0 radical (unpaired) electrons. The fraction of sp³-hybridized carbons (Fsp3) is 1.00. The van der Waals surface area contributed by atoms with Crippen LogP contribution in [0.25, 0.3) is 0 Å². The SMILES string of the molecule is C[CH2][Al+2].[Cl-].[Cl-].[Cl-].[Cl-].[Mg+2]. The van der Waals surface area contributed by atoms with Gasteiger partial charge in [0.2, 0.25) is 0 Å². The van der Waals surface area contributed by atoms with E-state index in [2.05, 4.69) is 23.2 Å². The van der Waals surface area contributed by atoms with Gasteiger partial charge < -0.3 is 49.6 Å². The van der Waals surface area contributed by atoms with Gasteiger partial charge in [-0.05, 0) is 0 Å². The zero-order valence-corrected chi connectivity index (χ0v) is 10.1. The smallest absolute Gasteiger partial charge is 1.00 e. The van der Waals surface area contributed by atoms with Gasteiger partial charge in [0.05, 0.1) is 0 Å². The van der Waals surface area contributed by atoms with Crippen molar-refractivity contribution in [1.82, 2.24) is 0 Å². The first-order chi connectivity index (χ1) is 1.41. The second kappa shape index (κ2) is 56.6. The van der Waals surface area contributed by atoms with E-state index in [1.54, 1.807) is 0 Å². The standard InChI is InChI=1S/C2H5.Al.4ClH.Mg/c1-2;;;;;;/h1H2,2H3;;4*1H;/q;+2;;;;;+2/p-4. The third-order valence-electron chi connectivity index (χ3n) is 0. The third-order valence-corrected chi connectivity index (χ3v) is 0. The van der Waals surface area contributed by atoms with Gasteiger partial charge >= 0.3 is 51.5 Å². The van der Waals surface area contributed by atoms with Crippen molar-refractivity contribution >= 4 is 39.3 Å². The van der Waals surface area contributed by atoms with Crippen LogP contribution in [0.3, 0.4) is 0 Å². The topological polar surface area (TPSA) is 0 Å². The Labute approximate surface area is 100 Å². The maximum atomic E-state index is 2.58. The van der Waals surface area contributed by atoms with Crippen molar-refractivity contribution in [2.75, 3.05) is 0 Å². The molecule has 0 aliphatic rings. The van der Waals surface area contributed by atoms with E-state index >= 15 is 0 Å². The fourth-order valence-electron chi connectivity index (χ4n) is 0. The Kier molecular flexibility index (Phi) is 333. The fourth-order valence-corrected chi connectivity index (χ4v) is 0. The van der Waals surface area contributed by atoms with Crippen LogP contribution < -0.4 is 49.6 Å². The molecule has 0 spiro atoms. The van der Waals surface area contributed by atoms with E-state index in [0.717, 1.165) is 0 Å². The molecule has 0 saturated heterocycles. The molecule has 0 aliphatic carbocycles. The molecular weight excluding hydrogens is 217 g/mol. The molecule has 0 rings (SSSR count). The number of halogens is 4. The molecular formula is C2H5AlCl4Mg. The van der Waals surface area contributed by atoms with Gasteiger partial charge in [0.25, 0.3) is 0 Å². The van der Waals surface area contributed by atoms with Crippen LogP contribution in [0, 0.1) is 0 Å². The monoisotopic (exact) mass is 220 g/mol. The van der Waals surface area contributed by atoms with Gasteiger partial charge in [0.15, 0.2) is 0 Å². The van der Waals surface area contributed by atoms with Crippen LogP contribution in [0.1, 0.15) is 6.92 Å². The maximum Gasteiger partial charge on any atom is 2.00 e. The summed E-state index contributed by atoms with van der Waals surface area (Å²) >= 11 is 2.58. The van der Waals surface area contributed by atoms with Crippen LogP contribution in [-0.4, -0.2) is 39.3 Å². The van der Waals surface area contributed by atoms with Crippen molar-refractivity contribution in [3.8, 4) is 0 Å². The summed E-state index contributed by atoms with van der Waals surface area (Å²) in [5, 5.41) is 1.17. The minimum Gasteiger partial charge on any atom is -1.00 e. The van der Waals surface area contributed by atoms with Gasteiger partial charge in [-0.2, -0.15) is 0 Å². The van der Waals surface area contributed by atoms with Crippen molar-refractivity contribution < 1.29 is 49.6 Å². The van der Waals surface area contributed by atoms with Gasteiger partial charge in [-0.3, -0.25) is 0 Å². The first kappa shape index (κ1) is 47.1. The summed E-state index contributed by atoms with van der Waals surface area (Å²) in [6, 6.07) is 0. The molecule has 0 atom stereocenters. The van der Waals surface area contributed by atoms with Gasteiger partial charge in [0.1, 0.15) is 0 Å². The molecule has 46 valence electrons. The second-order valence-electron chi connectivity index (χ2n) is 0.408. The summed E-state index contributed by atoms with van der Waals surface area (Å²) < 4.78 is 0. The van der Waals surface area contributed by atoms with Crippen molar-refractivity contribution in [2.24, 2.45) is 0 Å². The molecule has 0 fully saturated rings. The van der Waals surface area contributed by atoms with E-state index in [4.69, 9.17) is 0 Å². The summed E-state index contributed by atoms with van der Waals surface area (Å²) in [7, 11) is 0. The minimum atomic E-state index is 0. The number of hydrogen-bond donors (Lipinski definition) is 0. The summed E-state index contributed by atoms with van der Waals surface area (Å²) in [6.07, 6.45) is 0. The van der Waals surface area contributed by atoms with Crippen molar-refractivity contribution in [2.45, 2.75) is 12.2 Å². The largest absolute Gasteiger partial charge is 2.00 e. The Morgan fingerprint density at radius 1 is 1.00 bits per heavy atom. The van der Waals surface area contributed by atoms with E-state index in [-0.39, 0.29) is 72.7 Å². The molecule has 0 aromatic rings. The van der Waals surface area contributed by atoms with Crippen LogP contribution in [-0.2, 0) is 0 Å². The molecule has 8 heavy (non-hydrogen) atoms.